The maximum atomic E-state index is 13.7. The Labute approximate surface area is 186 Å². The van der Waals surface area contributed by atoms with Gasteiger partial charge in [-0.25, -0.2) is 4.39 Å². The van der Waals surface area contributed by atoms with Crippen molar-refractivity contribution in [3.8, 4) is 22.4 Å². The number of nitrogens with one attached hydrogen (secondary N) is 1. The number of benzene rings is 2. The molecule has 0 radical (unpaired) electrons. The predicted octanol–water partition coefficient (Wildman–Crippen LogP) is 5.64. The van der Waals surface area contributed by atoms with Crippen molar-refractivity contribution >= 4 is 34.4 Å². The van der Waals surface area contributed by atoms with Crippen LogP contribution in [0, 0.1) is 16.3 Å². The molecule has 7 heteroatoms. The third-order valence-corrected chi connectivity index (χ3v) is 5.71. The lowest BCUT2D eigenvalue weighted by Crippen LogP contribution is -2.15. The molecule has 5 nitrogen and oxygen atoms in total. The van der Waals surface area contributed by atoms with Crippen LogP contribution in [0.15, 0.2) is 71.5 Å². The number of amides is 1. The highest BCUT2D eigenvalue weighted by atomic mass is 127. The SMILES string of the molecule is Cc1cc(-c2noc(NC(=O)Cc3ccccc3I)c2-c2ccncc2)ccc1F. The van der Waals surface area contributed by atoms with Crippen LogP contribution < -0.4 is 5.32 Å². The van der Waals surface area contributed by atoms with Crippen LogP contribution >= 0.6 is 22.6 Å². The topological polar surface area (TPSA) is 68.0 Å². The van der Waals surface area contributed by atoms with Crippen LogP contribution in [-0.2, 0) is 11.2 Å². The maximum absolute atomic E-state index is 13.7. The molecule has 2 aromatic heterocycles. The Morgan fingerprint density at radius 2 is 1.87 bits per heavy atom. The van der Waals surface area contributed by atoms with Gasteiger partial charge in [0.1, 0.15) is 11.5 Å². The summed E-state index contributed by atoms with van der Waals surface area (Å²) in [6.45, 7) is 1.69. The van der Waals surface area contributed by atoms with E-state index in [0.29, 0.717) is 22.4 Å². The van der Waals surface area contributed by atoms with Crippen molar-refractivity contribution in [2.45, 2.75) is 13.3 Å². The molecule has 1 N–H and O–H groups in total. The number of carbonyl (C=O) groups excluding carboxylic acids is 1. The first-order chi connectivity index (χ1) is 14.5. The van der Waals surface area contributed by atoms with Crippen molar-refractivity contribution < 1.29 is 13.7 Å². The van der Waals surface area contributed by atoms with Gasteiger partial charge in [0.15, 0.2) is 0 Å². The van der Waals surface area contributed by atoms with Gasteiger partial charge >= 0.3 is 0 Å². The maximum Gasteiger partial charge on any atom is 0.239 e. The van der Waals surface area contributed by atoms with Crippen LogP contribution in [0.25, 0.3) is 22.4 Å². The van der Waals surface area contributed by atoms with Crippen LogP contribution in [0.1, 0.15) is 11.1 Å². The van der Waals surface area contributed by atoms with E-state index < -0.39 is 0 Å². The van der Waals surface area contributed by atoms with Crippen LogP contribution in [0.3, 0.4) is 0 Å². The smallest absolute Gasteiger partial charge is 0.239 e. The number of aryl methyl sites for hydroxylation is 1. The third-order valence-electron chi connectivity index (χ3n) is 4.65. The van der Waals surface area contributed by atoms with E-state index in [9.17, 15) is 9.18 Å². The number of hydrogen-bond donors (Lipinski definition) is 1. The van der Waals surface area contributed by atoms with Crippen LogP contribution in [0.2, 0.25) is 0 Å². The molecule has 0 aliphatic heterocycles. The molecule has 0 aliphatic rings. The number of hydrogen-bond acceptors (Lipinski definition) is 4. The van der Waals surface area contributed by atoms with E-state index in [1.807, 2.05) is 36.4 Å². The van der Waals surface area contributed by atoms with E-state index >= 15 is 0 Å². The molecular weight excluding hydrogens is 496 g/mol. The number of carbonyl (C=O) groups is 1. The summed E-state index contributed by atoms with van der Waals surface area (Å²) in [5.41, 5.74) is 4.05. The molecule has 1 amide bonds. The first-order valence-corrected chi connectivity index (χ1v) is 10.3. The fourth-order valence-corrected chi connectivity index (χ4v) is 3.71. The van der Waals surface area contributed by atoms with Crippen LogP contribution in [0.4, 0.5) is 10.3 Å². The van der Waals surface area contributed by atoms with E-state index in [0.717, 1.165) is 14.7 Å². The largest absolute Gasteiger partial charge is 0.337 e. The molecule has 0 fully saturated rings. The molecule has 2 heterocycles. The Morgan fingerprint density at radius 3 is 2.60 bits per heavy atom. The van der Waals surface area contributed by atoms with Crippen LogP contribution in [-0.4, -0.2) is 16.0 Å². The highest BCUT2D eigenvalue weighted by Crippen LogP contribution is 2.38. The summed E-state index contributed by atoms with van der Waals surface area (Å²) >= 11 is 2.20. The van der Waals surface area contributed by atoms with Crippen molar-refractivity contribution in [1.29, 1.82) is 0 Å². The van der Waals surface area contributed by atoms with E-state index in [4.69, 9.17) is 4.52 Å². The number of anilines is 1. The fourth-order valence-electron chi connectivity index (χ4n) is 3.14. The standard InChI is InChI=1S/C23H17FIN3O2/c1-14-12-17(6-7-18(14)24)22-21(15-8-10-26-11-9-15)23(30-28-22)27-20(29)13-16-4-2-3-5-19(16)25/h2-12H,13H2,1H3,(H,27,29). The van der Waals surface area contributed by atoms with Crippen molar-refractivity contribution in [2.75, 3.05) is 5.32 Å². The highest BCUT2D eigenvalue weighted by molar-refractivity contribution is 14.1. The van der Waals surface area contributed by atoms with Gasteiger partial charge in [-0.05, 0) is 82.6 Å². The first-order valence-electron chi connectivity index (χ1n) is 9.23. The van der Waals surface area contributed by atoms with Crippen molar-refractivity contribution in [2.24, 2.45) is 0 Å². The minimum atomic E-state index is -0.293. The van der Waals surface area contributed by atoms with Crippen molar-refractivity contribution in [1.82, 2.24) is 10.1 Å². The zero-order valence-electron chi connectivity index (χ0n) is 16.0. The summed E-state index contributed by atoms with van der Waals surface area (Å²) in [4.78, 5) is 16.7. The van der Waals surface area contributed by atoms with Crippen molar-refractivity contribution in [3.05, 3.63) is 87.5 Å². The number of aromatic nitrogens is 2. The second-order valence-corrected chi connectivity index (χ2v) is 7.91. The number of pyridine rings is 1. The monoisotopic (exact) mass is 513 g/mol. The minimum Gasteiger partial charge on any atom is -0.337 e. The van der Waals surface area contributed by atoms with Gasteiger partial charge in [0.2, 0.25) is 11.8 Å². The predicted molar refractivity (Wildman–Crippen MR) is 121 cm³/mol. The van der Waals surface area contributed by atoms with Gasteiger partial charge in [-0.15, -0.1) is 0 Å². The molecule has 0 aliphatic carbocycles. The molecule has 2 aromatic carbocycles. The van der Waals surface area contributed by atoms with E-state index in [1.54, 1.807) is 31.5 Å². The van der Waals surface area contributed by atoms with Crippen LogP contribution in [0.5, 0.6) is 0 Å². The van der Waals surface area contributed by atoms with Gasteiger partial charge in [0.05, 0.1) is 12.0 Å². The zero-order chi connectivity index (χ0) is 21.1. The molecule has 0 unspecified atom stereocenters. The van der Waals surface area contributed by atoms with Gasteiger partial charge in [-0.3, -0.25) is 15.1 Å². The number of nitrogens with zero attached hydrogens (tertiary/aromatic N) is 2. The number of halogens is 2. The lowest BCUT2D eigenvalue weighted by Gasteiger charge is -2.08. The van der Waals surface area contributed by atoms with Gasteiger partial charge in [-0.2, -0.15) is 0 Å². The Hall–Kier alpha value is -3.07. The van der Waals surface area contributed by atoms with Gasteiger partial charge < -0.3 is 4.52 Å². The molecule has 0 saturated heterocycles. The molecule has 0 spiro atoms. The molecule has 30 heavy (non-hydrogen) atoms. The summed E-state index contributed by atoms with van der Waals surface area (Å²) in [6, 6.07) is 16.1. The molecule has 0 atom stereocenters. The average molecular weight is 513 g/mol. The average Bonchev–Trinajstić information content (AvgIpc) is 3.15. The summed E-state index contributed by atoms with van der Waals surface area (Å²) < 4.78 is 20.3. The van der Waals surface area contributed by atoms with E-state index in [2.05, 4.69) is 38.0 Å². The third kappa shape index (κ3) is 4.25. The molecule has 4 rings (SSSR count). The minimum absolute atomic E-state index is 0.209. The van der Waals surface area contributed by atoms with Crippen molar-refractivity contribution in [3.63, 3.8) is 0 Å². The second-order valence-electron chi connectivity index (χ2n) is 6.75. The van der Waals surface area contributed by atoms with E-state index in [-0.39, 0.29) is 24.0 Å². The highest BCUT2D eigenvalue weighted by Gasteiger charge is 2.22. The van der Waals surface area contributed by atoms with Gasteiger partial charge in [-0.1, -0.05) is 23.4 Å². The number of rotatable bonds is 5. The second kappa shape index (κ2) is 8.74. The summed E-state index contributed by atoms with van der Waals surface area (Å²) in [6.07, 6.45) is 3.51. The zero-order valence-corrected chi connectivity index (χ0v) is 18.2. The quantitative estimate of drug-likeness (QED) is 0.351. The Kier molecular flexibility index (Phi) is 5.89. The lowest BCUT2D eigenvalue weighted by molar-refractivity contribution is -0.115. The molecule has 150 valence electrons. The Bertz CT molecular complexity index is 1210. The lowest BCUT2D eigenvalue weighted by atomic mass is 10.0. The van der Waals surface area contributed by atoms with Gasteiger partial charge in [0.25, 0.3) is 0 Å². The summed E-state index contributed by atoms with van der Waals surface area (Å²) in [5, 5.41) is 7.01. The molecular formula is C23H17FIN3O2. The molecule has 0 saturated carbocycles. The fraction of sp³-hybridized carbons (Fsp3) is 0.0870. The Balaban J connectivity index is 1.71. The molecule has 0 bridgehead atoms. The molecule has 4 aromatic rings. The van der Waals surface area contributed by atoms with E-state index in [1.165, 1.54) is 6.07 Å². The first kappa shape index (κ1) is 20.2. The summed E-state index contributed by atoms with van der Waals surface area (Å²) in [5.74, 6) is -0.264. The van der Waals surface area contributed by atoms with Gasteiger partial charge in [0, 0.05) is 21.5 Å². The summed E-state index contributed by atoms with van der Waals surface area (Å²) in [7, 11) is 0. The normalized spacial score (nSPS) is 10.8. The Morgan fingerprint density at radius 1 is 1.10 bits per heavy atom.